The van der Waals surface area contributed by atoms with Crippen LogP contribution in [0.25, 0.3) is 22.1 Å². The molecule has 0 bridgehead atoms. The van der Waals surface area contributed by atoms with Crippen LogP contribution in [0, 0.1) is 0 Å². The molecule has 2 N–H and O–H groups in total. The molecular formula is C32H31NO2. The third-order valence-corrected chi connectivity index (χ3v) is 6.45. The summed E-state index contributed by atoms with van der Waals surface area (Å²) in [5.41, 5.74) is 13.9. The number of hydrogen-bond donors (Lipinski definition) is 1. The van der Waals surface area contributed by atoms with E-state index >= 15 is 0 Å². The van der Waals surface area contributed by atoms with Gasteiger partial charge in [0.15, 0.2) is 0 Å². The van der Waals surface area contributed by atoms with E-state index in [1.54, 1.807) is 0 Å². The quantitative estimate of drug-likeness (QED) is 0.225. The first-order valence-electron chi connectivity index (χ1n) is 12.4. The highest BCUT2D eigenvalue weighted by Crippen LogP contribution is 2.32. The smallest absolute Gasteiger partial charge is 0.142 e. The van der Waals surface area contributed by atoms with E-state index in [-0.39, 0.29) is 0 Å². The summed E-state index contributed by atoms with van der Waals surface area (Å²) in [5.74, 6) is 1.83. The van der Waals surface area contributed by atoms with Gasteiger partial charge in [-0.1, -0.05) is 92.2 Å². The second-order valence-corrected chi connectivity index (χ2v) is 9.00. The molecule has 1 aromatic heterocycles. The van der Waals surface area contributed by atoms with E-state index in [4.69, 9.17) is 14.9 Å². The number of nitrogens with two attached hydrogens (primary N) is 1. The van der Waals surface area contributed by atoms with Crippen molar-refractivity contribution in [2.24, 2.45) is 0 Å². The third kappa shape index (κ3) is 5.25. The zero-order valence-corrected chi connectivity index (χ0v) is 20.2. The fourth-order valence-electron chi connectivity index (χ4n) is 4.50. The van der Waals surface area contributed by atoms with E-state index in [0.29, 0.717) is 18.0 Å². The van der Waals surface area contributed by atoms with Gasteiger partial charge in [0.25, 0.3) is 0 Å². The lowest BCUT2D eigenvalue weighted by molar-refractivity contribution is 0.308. The lowest BCUT2D eigenvalue weighted by atomic mass is 9.97. The Bertz CT molecular complexity index is 1400. The highest BCUT2D eigenvalue weighted by Gasteiger charge is 2.14. The first kappa shape index (κ1) is 22.8. The number of unbranched alkanes of at least 4 members (excludes halogenated alkanes) is 1. The summed E-state index contributed by atoms with van der Waals surface area (Å²) in [7, 11) is 0. The lowest BCUT2D eigenvalue weighted by Crippen LogP contribution is -1.99. The van der Waals surface area contributed by atoms with Crippen molar-refractivity contribution in [2.75, 3.05) is 5.73 Å². The molecule has 3 heteroatoms. The average Bonchev–Trinajstić information content (AvgIpc) is 3.25. The van der Waals surface area contributed by atoms with Gasteiger partial charge in [-0.05, 0) is 46.9 Å². The monoisotopic (exact) mass is 461 g/mol. The van der Waals surface area contributed by atoms with Gasteiger partial charge >= 0.3 is 0 Å². The molecule has 0 spiro atoms. The number of fused-ring (bicyclic) bond motifs is 1. The van der Waals surface area contributed by atoms with E-state index in [1.807, 2.05) is 48.5 Å². The predicted molar refractivity (Wildman–Crippen MR) is 145 cm³/mol. The van der Waals surface area contributed by atoms with E-state index in [0.717, 1.165) is 53.7 Å². The topological polar surface area (TPSA) is 48.4 Å². The fourth-order valence-corrected chi connectivity index (χ4v) is 4.50. The summed E-state index contributed by atoms with van der Waals surface area (Å²) in [6.45, 7) is 2.72. The maximum Gasteiger partial charge on any atom is 0.142 e. The number of furan rings is 1. The molecule has 35 heavy (non-hydrogen) atoms. The van der Waals surface area contributed by atoms with Crippen LogP contribution in [0.5, 0.6) is 5.75 Å². The molecule has 0 radical (unpaired) electrons. The molecule has 5 aromatic rings. The van der Waals surface area contributed by atoms with Crippen molar-refractivity contribution in [1.82, 2.24) is 0 Å². The summed E-state index contributed by atoms with van der Waals surface area (Å²) in [5, 5.41) is 1.22. The number of hydrogen-bond acceptors (Lipinski definition) is 3. The number of aryl methyl sites for hydroxylation is 1. The van der Waals surface area contributed by atoms with Crippen LogP contribution in [0.3, 0.4) is 0 Å². The van der Waals surface area contributed by atoms with Gasteiger partial charge in [-0.2, -0.15) is 0 Å². The third-order valence-electron chi connectivity index (χ3n) is 6.45. The van der Waals surface area contributed by atoms with Crippen molar-refractivity contribution in [1.29, 1.82) is 0 Å². The Morgan fingerprint density at radius 3 is 2.29 bits per heavy atom. The molecule has 0 aliphatic rings. The molecule has 3 nitrogen and oxygen atoms in total. The van der Waals surface area contributed by atoms with Gasteiger partial charge in [-0.25, -0.2) is 0 Å². The van der Waals surface area contributed by atoms with Gasteiger partial charge in [-0.3, -0.25) is 0 Å². The SMILES string of the molecule is CCCCc1oc2ccccc2c1Cc1ccc(-c2ccc(OCc3ccccc3)c(N)c2)cc1. The van der Waals surface area contributed by atoms with Crippen LogP contribution in [0.2, 0.25) is 0 Å². The minimum Gasteiger partial charge on any atom is -0.487 e. The number of para-hydroxylation sites is 1. The number of benzene rings is 4. The zero-order chi connectivity index (χ0) is 24.0. The molecule has 176 valence electrons. The van der Waals surface area contributed by atoms with Gasteiger partial charge in [0.1, 0.15) is 23.7 Å². The summed E-state index contributed by atoms with van der Waals surface area (Å²) in [4.78, 5) is 0. The van der Waals surface area contributed by atoms with Crippen molar-refractivity contribution in [3.8, 4) is 16.9 Å². The summed E-state index contributed by atoms with van der Waals surface area (Å²) in [6, 6.07) is 33.2. The molecule has 0 aliphatic carbocycles. The van der Waals surface area contributed by atoms with Crippen LogP contribution in [0.1, 0.15) is 42.2 Å². The Morgan fingerprint density at radius 2 is 1.51 bits per heavy atom. The first-order valence-corrected chi connectivity index (χ1v) is 12.4. The second-order valence-electron chi connectivity index (χ2n) is 9.00. The van der Waals surface area contributed by atoms with Crippen molar-refractivity contribution in [3.05, 3.63) is 120 Å². The van der Waals surface area contributed by atoms with Gasteiger partial charge in [-0.15, -0.1) is 0 Å². The van der Waals surface area contributed by atoms with Crippen LogP contribution < -0.4 is 10.5 Å². The Labute approximate surface area is 207 Å². The van der Waals surface area contributed by atoms with Crippen molar-refractivity contribution in [2.45, 2.75) is 39.2 Å². The summed E-state index contributed by atoms with van der Waals surface area (Å²) in [6.07, 6.45) is 4.14. The molecule has 4 aromatic carbocycles. The van der Waals surface area contributed by atoms with Gasteiger partial charge < -0.3 is 14.9 Å². The highest BCUT2D eigenvalue weighted by atomic mass is 16.5. The van der Waals surface area contributed by atoms with Crippen LogP contribution in [0.15, 0.2) is 101 Å². The lowest BCUT2D eigenvalue weighted by Gasteiger charge is -2.11. The molecule has 0 saturated carbocycles. The van der Waals surface area contributed by atoms with E-state index < -0.39 is 0 Å². The van der Waals surface area contributed by atoms with Crippen LogP contribution in [0.4, 0.5) is 5.69 Å². The van der Waals surface area contributed by atoms with E-state index in [2.05, 4.69) is 55.5 Å². The Morgan fingerprint density at radius 1 is 0.771 bits per heavy atom. The molecule has 0 atom stereocenters. The number of nitrogen functional groups attached to an aromatic ring is 1. The Balaban J connectivity index is 1.32. The van der Waals surface area contributed by atoms with E-state index in [1.165, 1.54) is 16.5 Å². The summed E-state index contributed by atoms with van der Waals surface area (Å²) < 4.78 is 12.1. The molecular weight excluding hydrogens is 430 g/mol. The zero-order valence-electron chi connectivity index (χ0n) is 20.2. The molecule has 0 fully saturated rings. The minimum absolute atomic E-state index is 0.502. The highest BCUT2D eigenvalue weighted by molar-refractivity contribution is 5.82. The number of ether oxygens (including phenoxy) is 1. The standard InChI is InChI=1S/C32H31NO2/c1-2-3-12-31-28(27-11-7-8-13-30(27)35-31)20-23-14-16-25(17-15-23)26-18-19-32(29(33)21-26)34-22-24-9-5-4-6-10-24/h4-11,13-19,21H,2-3,12,20,22,33H2,1H3. The largest absolute Gasteiger partial charge is 0.487 e. The first-order chi connectivity index (χ1) is 17.2. The van der Waals surface area contributed by atoms with E-state index in [9.17, 15) is 0 Å². The maximum absolute atomic E-state index is 6.32. The summed E-state index contributed by atoms with van der Waals surface area (Å²) >= 11 is 0. The van der Waals surface area contributed by atoms with Gasteiger partial charge in [0, 0.05) is 23.8 Å². The minimum atomic E-state index is 0.502. The van der Waals surface area contributed by atoms with Crippen molar-refractivity contribution < 1.29 is 9.15 Å². The van der Waals surface area contributed by atoms with Crippen LogP contribution in [-0.2, 0) is 19.4 Å². The Hall–Kier alpha value is -3.98. The Kier molecular flexibility index (Phi) is 6.85. The maximum atomic E-state index is 6.32. The molecule has 0 unspecified atom stereocenters. The second kappa shape index (κ2) is 10.5. The van der Waals surface area contributed by atoms with Crippen LogP contribution in [-0.4, -0.2) is 0 Å². The fraction of sp³-hybridized carbons (Fsp3) is 0.188. The van der Waals surface area contributed by atoms with Crippen LogP contribution >= 0.6 is 0 Å². The molecule has 5 rings (SSSR count). The molecule has 0 amide bonds. The normalized spacial score (nSPS) is 11.1. The number of rotatable bonds is 9. The van der Waals surface area contributed by atoms with Crippen molar-refractivity contribution >= 4 is 16.7 Å². The van der Waals surface area contributed by atoms with Crippen molar-refractivity contribution in [3.63, 3.8) is 0 Å². The molecule has 0 aliphatic heterocycles. The van der Waals surface area contributed by atoms with Gasteiger partial charge in [0.05, 0.1) is 5.69 Å². The van der Waals surface area contributed by atoms with Gasteiger partial charge in [0.2, 0.25) is 0 Å². The average molecular weight is 462 g/mol. The predicted octanol–water partition coefficient (Wildman–Crippen LogP) is 8.19. The number of anilines is 1. The molecule has 0 saturated heterocycles. The molecule has 1 heterocycles.